The summed E-state index contributed by atoms with van der Waals surface area (Å²) in [6.07, 6.45) is 3.08. The molecule has 0 aliphatic carbocycles. The lowest BCUT2D eigenvalue weighted by atomic mass is 10.3. The Morgan fingerprint density at radius 1 is 1.54 bits per heavy atom. The molecule has 0 saturated carbocycles. The van der Waals surface area contributed by atoms with Crippen LogP contribution < -0.4 is 10.6 Å². The average Bonchev–Trinajstić information content (AvgIpc) is 2.17. The van der Waals surface area contributed by atoms with Crippen molar-refractivity contribution < 1.29 is 5.11 Å². The van der Waals surface area contributed by atoms with Crippen LogP contribution in [-0.2, 0) is 0 Å². The van der Waals surface area contributed by atoms with Gasteiger partial charge in [0.25, 0.3) is 0 Å². The van der Waals surface area contributed by atoms with E-state index in [2.05, 4.69) is 9.97 Å². The van der Waals surface area contributed by atoms with E-state index in [1.807, 2.05) is 18.9 Å². The molecule has 1 rings (SSSR count). The minimum Gasteiger partial charge on any atom is -0.394 e. The van der Waals surface area contributed by atoms with E-state index in [1.54, 1.807) is 6.20 Å². The summed E-state index contributed by atoms with van der Waals surface area (Å²) in [4.78, 5) is 9.82. The number of aromatic nitrogens is 2. The van der Waals surface area contributed by atoms with Gasteiger partial charge in [-0.05, 0) is 6.92 Å². The molecule has 1 unspecified atom stereocenters. The van der Waals surface area contributed by atoms with Crippen molar-refractivity contribution in [1.82, 2.24) is 9.97 Å². The Balaban J connectivity index is 2.77. The summed E-state index contributed by atoms with van der Waals surface area (Å²) >= 11 is 0. The molecule has 0 saturated heterocycles. The molecule has 0 fully saturated rings. The Morgan fingerprint density at radius 3 is 2.69 bits per heavy atom. The van der Waals surface area contributed by atoms with Crippen LogP contribution in [0.15, 0.2) is 12.4 Å². The molecule has 5 heteroatoms. The van der Waals surface area contributed by atoms with Crippen LogP contribution in [0.1, 0.15) is 6.92 Å². The van der Waals surface area contributed by atoms with Crippen molar-refractivity contribution in [2.75, 3.05) is 24.3 Å². The average molecular weight is 182 g/mol. The maximum Gasteiger partial charge on any atom is 0.147 e. The van der Waals surface area contributed by atoms with Crippen molar-refractivity contribution >= 4 is 11.6 Å². The molecule has 0 radical (unpaired) electrons. The molecule has 1 heterocycles. The maximum absolute atomic E-state index is 8.91. The standard InChI is InChI=1S/C8H14N4O/c1-6(5-13)12(2)8-4-10-7(9)3-11-8/h3-4,6,13H,5H2,1-2H3,(H2,9,10). The van der Waals surface area contributed by atoms with Crippen LogP contribution in [-0.4, -0.2) is 34.8 Å². The fourth-order valence-corrected chi connectivity index (χ4v) is 0.862. The van der Waals surface area contributed by atoms with Crippen molar-refractivity contribution in [2.24, 2.45) is 0 Å². The number of rotatable bonds is 3. The van der Waals surface area contributed by atoms with Gasteiger partial charge in [-0.1, -0.05) is 0 Å². The first-order chi connectivity index (χ1) is 6.15. The molecule has 1 atom stereocenters. The van der Waals surface area contributed by atoms with E-state index in [-0.39, 0.29) is 12.6 Å². The van der Waals surface area contributed by atoms with Crippen LogP contribution in [0.25, 0.3) is 0 Å². The van der Waals surface area contributed by atoms with Gasteiger partial charge in [-0.2, -0.15) is 0 Å². The van der Waals surface area contributed by atoms with E-state index in [1.165, 1.54) is 6.20 Å². The summed E-state index contributed by atoms with van der Waals surface area (Å²) in [5.74, 6) is 1.10. The Morgan fingerprint density at radius 2 is 2.23 bits per heavy atom. The van der Waals surface area contributed by atoms with Crippen molar-refractivity contribution in [3.63, 3.8) is 0 Å². The number of nitrogens with two attached hydrogens (primary N) is 1. The van der Waals surface area contributed by atoms with Crippen LogP contribution >= 0.6 is 0 Å². The summed E-state index contributed by atoms with van der Waals surface area (Å²) in [5.41, 5.74) is 5.39. The molecule has 13 heavy (non-hydrogen) atoms. The van der Waals surface area contributed by atoms with E-state index >= 15 is 0 Å². The highest BCUT2D eigenvalue weighted by Gasteiger charge is 2.09. The summed E-state index contributed by atoms with van der Waals surface area (Å²) in [7, 11) is 1.85. The maximum atomic E-state index is 8.91. The second-order valence-electron chi connectivity index (χ2n) is 2.94. The number of hydrogen-bond acceptors (Lipinski definition) is 5. The number of hydrogen-bond donors (Lipinski definition) is 2. The predicted molar refractivity (Wildman–Crippen MR) is 51.4 cm³/mol. The zero-order chi connectivity index (χ0) is 9.84. The molecule has 5 nitrogen and oxygen atoms in total. The minimum atomic E-state index is 0.0259. The summed E-state index contributed by atoms with van der Waals surface area (Å²) < 4.78 is 0. The molecule has 72 valence electrons. The predicted octanol–water partition coefficient (Wildman–Crippen LogP) is -0.124. The molecule has 1 aromatic heterocycles. The molecule has 0 spiro atoms. The van der Waals surface area contributed by atoms with Crippen molar-refractivity contribution in [3.8, 4) is 0 Å². The minimum absolute atomic E-state index is 0.0259. The molecule has 3 N–H and O–H groups in total. The van der Waals surface area contributed by atoms with Gasteiger partial charge in [-0.3, -0.25) is 0 Å². The molecule has 0 amide bonds. The first-order valence-electron chi connectivity index (χ1n) is 4.06. The van der Waals surface area contributed by atoms with Crippen LogP contribution in [0.4, 0.5) is 11.6 Å². The molecule has 0 aliphatic rings. The molecular formula is C8H14N4O. The van der Waals surface area contributed by atoms with Gasteiger partial charge in [0.05, 0.1) is 25.0 Å². The number of aliphatic hydroxyl groups excluding tert-OH is 1. The normalized spacial score (nSPS) is 12.5. The van der Waals surface area contributed by atoms with E-state index < -0.39 is 0 Å². The first-order valence-corrected chi connectivity index (χ1v) is 4.06. The van der Waals surface area contributed by atoms with Gasteiger partial charge < -0.3 is 15.7 Å². The molecular weight excluding hydrogens is 168 g/mol. The summed E-state index contributed by atoms with van der Waals surface area (Å²) in [6.45, 7) is 1.99. The third-order valence-corrected chi connectivity index (χ3v) is 1.94. The number of anilines is 2. The molecule has 1 aromatic rings. The Kier molecular flexibility index (Phi) is 3.02. The van der Waals surface area contributed by atoms with Gasteiger partial charge in [0.1, 0.15) is 11.6 Å². The van der Waals surface area contributed by atoms with Crippen molar-refractivity contribution in [3.05, 3.63) is 12.4 Å². The largest absolute Gasteiger partial charge is 0.394 e. The highest BCUT2D eigenvalue weighted by atomic mass is 16.3. The highest BCUT2D eigenvalue weighted by molar-refractivity contribution is 5.39. The molecule has 0 aromatic carbocycles. The number of nitrogen functional groups attached to an aromatic ring is 1. The third-order valence-electron chi connectivity index (χ3n) is 1.94. The second-order valence-corrected chi connectivity index (χ2v) is 2.94. The zero-order valence-corrected chi connectivity index (χ0v) is 7.81. The Bertz CT molecular complexity index is 261. The van der Waals surface area contributed by atoms with E-state index in [0.29, 0.717) is 11.6 Å². The quantitative estimate of drug-likeness (QED) is 0.681. The van der Waals surface area contributed by atoms with Crippen LogP contribution in [0.3, 0.4) is 0 Å². The number of likely N-dealkylation sites (N-methyl/N-ethyl adjacent to an activating group) is 1. The van der Waals surface area contributed by atoms with Crippen molar-refractivity contribution in [1.29, 1.82) is 0 Å². The number of nitrogens with zero attached hydrogens (tertiary/aromatic N) is 3. The van der Waals surface area contributed by atoms with E-state index in [0.717, 1.165) is 0 Å². The SMILES string of the molecule is CC(CO)N(C)c1cnc(N)cn1. The summed E-state index contributed by atoms with van der Waals surface area (Å²) in [5, 5.41) is 8.91. The van der Waals surface area contributed by atoms with Crippen LogP contribution in [0.2, 0.25) is 0 Å². The van der Waals surface area contributed by atoms with E-state index in [9.17, 15) is 0 Å². The molecule has 0 aliphatic heterocycles. The highest BCUT2D eigenvalue weighted by Crippen LogP contribution is 2.10. The van der Waals surface area contributed by atoms with Crippen LogP contribution in [0.5, 0.6) is 0 Å². The van der Waals surface area contributed by atoms with Gasteiger partial charge in [-0.25, -0.2) is 9.97 Å². The number of aliphatic hydroxyl groups is 1. The smallest absolute Gasteiger partial charge is 0.147 e. The lowest BCUT2D eigenvalue weighted by molar-refractivity contribution is 0.269. The Labute approximate surface area is 77.2 Å². The fourth-order valence-electron chi connectivity index (χ4n) is 0.862. The van der Waals surface area contributed by atoms with Gasteiger partial charge in [-0.15, -0.1) is 0 Å². The molecule has 0 bridgehead atoms. The van der Waals surface area contributed by atoms with Gasteiger partial charge >= 0.3 is 0 Å². The third kappa shape index (κ3) is 2.29. The van der Waals surface area contributed by atoms with Crippen molar-refractivity contribution in [2.45, 2.75) is 13.0 Å². The monoisotopic (exact) mass is 182 g/mol. The van der Waals surface area contributed by atoms with Gasteiger partial charge in [0, 0.05) is 7.05 Å². The Hall–Kier alpha value is -1.36. The zero-order valence-electron chi connectivity index (χ0n) is 7.81. The fraction of sp³-hybridized carbons (Fsp3) is 0.500. The van der Waals surface area contributed by atoms with Gasteiger partial charge in [0.2, 0.25) is 0 Å². The topological polar surface area (TPSA) is 75.3 Å². The van der Waals surface area contributed by atoms with Gasteiger partial charge in [0.15, 0.2) is 0 Å². The first kappa shape index (κ1) is 9.73. The lowest BCUT2D eigenvalue weighted by Crippen LogP contribution is -2.32. The lowest BCUT2D eigenvalue weighted by Gasteiger charge is -2.23. The summed E-state index contributed by atoms with van der Waals surface area (Å²) in [6, 6.07) is 0.0259. The van der Waals surface area contributed by atoms with Crippen LogP contribution in [0, 0.1) is 0 Å². The van der Waals surface area contributed by atoms with E-state index in [4.69, 9.17) is 10.8 Å². The second kappa shape index (κ2) is 4.04.